The number of aromatic hydroxyl groups is 1. The van der Waals surface area contributed by atoms with Crippen molar-refractivity contribution in [2.75, 3.05) is 27.2 Å². The number of nitrogens with two attached hydrogens (primary N) is 1. The number of hydrogen-bond donors (Lipinski definition) is 2. The number of likely N-dealkylation sites (tertiary alicyclic amines) is 1. The predicted molar refractivity (Wildman–Crippen MR) is 67.1 cm³/mol. The number of rotatable bonds is 3. The maximum absolute atomic E-state index is 13.7. The zero-order chi connectivity index (χ0) is 13.3. The third kappa shape index (κ3) is 2.28. The van der Waals surface area contributed by atoms with Crippen LogP contribution in [0.25, 0.3) is 0 Å². The van der Waals surface area contributed by atoms with E-state index in [1.165, 1.54) is 13.2 Å². The van der Waals surface area contributed by atoms with Gasteiger partial charge in [-0.1, -0.05) is 0 Å². The number of phenols is 1. The number of phenolic OH excluding ortho intramolecular Hbond substituents is 1. The van der Waals surface area contributed by atoms with Crippen molar-refractivity contribution < 1.29 is 14.2 Å². The Labute approximate surface area is 106 Å². The Balaban J connectivity index is 2.29. The van der Waals surface area contributed by atoms with Crippen LogP contribution in [0.5, 0.6) is 11.5 Å². The quantitative estimate of drug-likeness (QED) is 0.858. The first kappa shape index (κ1) is 13.1. The normalized spacial score (nSPS) is 24.4. The Morgan fingerprint density at radius 1 is 1.56 bits per heavy atom. The maximum atomic E-state index is 13.7. The van der Waals surface area contributed by atoms with Gasteiger partial charge in [0.1, 0.15) is 0 Å². The topological polar surface area (TPSA) is 58.7 Å². The van der Waals surface area contributed by atoms with Crippen LogP contribution in [-0.4, -0.2) is 37.3 Å². The number of ether oxygens (including phenoxy) is 1. The Hall–Kier alpha value is -1.33. The van der Waals surface area contributed by atoms with Crippen LogP contribution in [0.15, 0.2) is 12.1 Å². The Morgan fingerprint density at radius 3 is 2.78 bits per heavy atom. The Bertz CT molecular complexity index is 416. The molecule has 1 aromatic carbocycles. The second kappa shape index (κ2) is 5.12. The molecule has 1 fully saturated rings. The molecule has 3 N–H and O–H groups in total. The highest BCUT2D eigenvalue weighted by atomic mass is 19.1. The van der Waals surface area contributed by atoms with Crippen molar-refractivity contribution in [3.63, 3.8) is 0 Å². The van der Waals surface area contributed by atoms with Gasteiger partial charge in [-0.2, -0.15) is 0 Å². The fraction of sp³-hybridized carbons (Fsp3) is 0.538. The molecule has 5 heteroatoms. The third-order valence-electron chi connectivity index (χ3n) is 3.60. The van der Waals surface area contributed by atoms with Crippen molar-refractivity contribution in [2.24, 2.45) is 11.7 Å². The summed E-state index contributed by atoms with van der Waals surface area (Å²) in [6, 6.07) is 3.10. The molecule has 0 spiro atoms. The monoisotopic (exact) mass is 254 g/mol. The van der Waals surface area contributed by atoms with E-state index in [-0.39, 0.29) is 17.5 Å². The molecular weight excluding hydrogens is 235 g/mol. The van der Waals surface area contributed by atoms with Gasteiger partial charge >= 0.3 is 0 Å². The van der Waals surface area contributed by atoms with Gasteiger partial charge in [-0.3, -0.25) is 4.90 Å². The molecule has 1 heterocycles. The van der Waals surface area contributed by atoms with Crippen molar-refractivity contribution in [1.29, 1.82) is 0 Å². The van der Waals surface area contributed by atoms with Crippen molar-refractivity contribution in [1.82, 2.24) is 4.90 Å². The van der Waals surface area contributed by atoms with Gasteiger partial charge in [0.15, 0.2) is 17.3 Å². The lowest BCUT2D eigenvalue weighted by molar-refractivity contribution is 0.309. The summed E-state index contributed by atoms with van der Waals surface area (Å²) in [5.74, 6) is -0.365. The lowest BCUT2D eigenvalue weighted by Gasteiger charge is -2.20. The Morgan fingerprint density at radius 2 is 2.28 bits per heavy atom. The lowest BCUT2D eigenvalue weighted by atomic mass is 9.99. The van der Waals surface area contributed by atoms with E-state index in [1.807, 2.05) is 7.05 Å². The molecule has 2 rings (SSSR count). The largest absolute Gasteiger partial charge is 0.504 e. The third-order valence-corrected chi connectivity index (χ3v) is 3.60. The number of halogens is 1. The van der Waals surface area contributed by atoms with Crippen LogP contribution in [-0.2, 0) is 0 Å². The maximum Gasteiger partial charge on any atom is 0.196 e. The summed E-state index contributed by atoms with van der Waals surface area (Å²) >= 11 is 0. The SMILES string of the molecule is COc1c(O)cc(C2CC(CN)CN2C)cc1F. The van der Waals surface area contributed by atoms with E-state index in [1.54, 1.807) is 6.07 Å². The van der Waals surface area contributed by atoms with Gasteiger partial charge in [0, 0.05) is 12.6 Å². The summed E-state index contributed by atoms with van der Waals surface area (Å²) in [6.07, 6.45) is 0.887. The molecule has 1 saturated heterocycles. The first-order valence-electron chi connectivity index (χ1n) is 6.03. The molecule has 18 heavy (non-hydrogen) atoms. The molecule has 100 valence electrons. The van der Waals surface area contributed by atoms with E-state index in [9.17, 15) is 9.50 Å². The molecule has 0 amide bonds. The van der Waals surface area contributed by atoms with E-state index in [2.05, 4.69) is 4.90 Å². The van der Waals surface area contributed by atoms with E-state index in [4.69, 9.17) is 10.5 Å². The van der Waals surface area contributed by atoms with Crippen molar-refractivity contribution in [3.05, 3.63) is 23.5 Å². The zero-order valence-electron chi connectivity index (χ0n) is 10.7. The summed E-state index contributed by atoms with van der Waals surface area (Å²) < 4.78 is 18.5. The van der Waals surface area contributed by atoms with E-state index in [0.717, 1.165) is 18.5 Å². The smallest absolute Gasteiger partial charge is 0.196 e. The minimum atomic E-state index is -0.530. The molecule has 2 atom stereocenters. The van der Waals surface area contributed by atoms with E-state index in [0.29, 0.717) is 12.5 Å². The van der Waals surface area contributed by atoms with Crippen molar-refractivity contribution in [3.8, 4) is 11.5 Å². The summed E-state index contributed by atoms with van der Waals surface area (Å²) in [6.45, 7) is 1.53. The average molecular weight is 254 g/mol. The fourth-order valence-electron chi connectivity index (χ4n) is 2.66. The van der Waals surface area contributed by atoms with Crippen LogP contribution in [0.1, 0.15) is 18.0 Å². The highest BCUT2D eigenvalue weighted by Gasteiger charge is 2.30. The number of hydrogen-bond acceptors (Lipinski definition) is 4. The van der Waals surface area contributed by atoms with Crippen LogP contribution in [0.2, 0.25) is 0 Å². The molecule has 0 bridgehead atoms. The number of methoxy groups -OCH3 is 1. The molecule has 0 aromatic heterocycles. The highest BCUT2D eigenvalue weighted by molar-refractivity contribution is 5.44. The van der Waals surface area contributed by atoms with Gasteiger partial charge in [-0.25, -0.2) is 4.39 Å². The first-order valence-corrected chi connectivity index (χ1v) is 6.03. The van der Waals surface area contributed by atoms with Gasteiger partial charge < -0.3 is 15.6 Å². The lowest BCUT2D eigenvalue weighted by Crippen LogP contribution is -2.20. The minimum Gasteiger partial charge on any atom is -0.504 e. The fourth-order valence-corrected chi connectivity index (χ4v) is 2.66. The second-order valence-electron chi connectivity index (χ2n) is 4.85. The molecule has 4 nitrogen and oxygen atoms in total. The standard InChI is InChI=1S/C13H19FN2O2/c1-16-7-8(6-15)3-11(16)9-4-10(14)13(18-2)12(17)5-9/h4-5,8,11,17H,3,6-7,15H2,1-2H3. The van der Waals surface area contributed by atoms with Gasteiger partial charge in [-0.15, -0.1) is 0 Å². The van der Waals surface area contributed by atoms with Crippen LogP contribution >= 0.6 is 0 Å². The van der Waals surface area contributed by atoms with Crippen LogP contribution in [0, 0.1) is 11.7 Å². The van der Waals surface area contributed by atoms with E-state index < -0.39 is 5.82 Å². The average Bonchev–Trinajstić information content (AvgIpc) is 2.70. The molecule has 0 aliphatic carbocycles. The highest BCUT2D eigenvalue weighted by Crippen LogP contribution is 2.38. The molecule has 1 aliphatic rings. The zero-order valence-corrected chi connectivity index (χ0v) is 10.7. The molecule has 2 unspecified atom stereocenters. The molecule has 0 saturated carbocycles. The van der Waals surface area contributed by atoms with Crippen molar-refractivity contribution >= 4 is 0 Å². The van der Waals surface area contributed by atoms with Gasteiger partial charge in [-0.05, 0) is 43.6 Å². The summed E-state index contributed by atoms with van der Waals surface area (Å²) in [5.41, 5.74) is 6.44. The van der Waals surface area contributed by atoms with E-state index >= 15 is 0 Å². The second-order valence-corrected chi connectivity index (χ2v) is 4.85. The molecule has 1 aromatic rings. The molecule has 0 radical (unpaired) electrons. The van der Waals surface area contributed by atoms with Crippen LogP contribution < -0.4 is 10.5 Å². The van der Waals surface area contributed by atoms with Crippen LogP contribution in [0.3, 0.4) is 0 Å². The molecular formula is C13H19FN2O2. The van der Waals surface area contributed by atoms with Crippen molar-refractivity contribution in [2.45, 2.75) is 12.5 Å². The number of benzene rings is 1. The minimum absolute atomic E-state index is 0.102. The van der Waals surface area contributed by atoms with Gasteiger partial charge in [0.2, 0.25) is 0 Å². The van der Waals surface area contributed by atoms with Gasteiger partial charge in [0.05, 0.1) is 7.11 Å². The summed E-state index contributed by atoms with van der Waals surface area (Å²) in [4.78, 5) is 2.14. The molecule has 1 aliphatic heterocycles. The van der Waals surface area contributed by atoms with Gasteiger partial charge in [0.25, 0.3) is 0 Å². The predicted octanol–water partition coefficient (Wildman–Crippen LogP) is 1.49. The first-order chi connectivity index (χ1) is 8.56. The summed E-state index contributed by atoms with van der Waals surface area (Å²) in [7, 11) is 3.32. The summed E-state index contributed by atoms with van der Waals surface area (Å²) in [5, 5.41) is 9.73. The Kier molecular flexibility index (Phi) is 3.73. The number of nitrogens with zero attached hydrogens (tertiary/aromatic N) is 1. The van der Waals surface area contributed by atoms with Crippen LogP contribution in [0.4, 0.5) is 4.39 Å².